The Labute approximate surface area is 151 Å². The van der Waals surface area contributed by atoms with Gasteiger partial charge < -0.3 is 13.6 Å². The third kappa shape index (κ3) is 29.8. The van der Waals surface area contributed by atoms with Crippen LogP contribution in [0.5, 0.6) is 0 Å². The van der Waals surface area contributed by atoms with E-state index >= 15 is 0 Å². The van der Waals surface area contributed by atoms with E-state index in [0.717, 1.165) is 0 Å². The maximum Gasteiger partial charge on any atom is 0.0782 e. The quantitative estimate of drug-likeness (QED) is 0.197. The first kappa shape index (κ1) is 26.1. The highest BCUT2D eigenvalue weighted by Gasteiger charge is 2.13. The van der Waals surface area contributed by atoms with E-state index in [1.54, 1.807) is 0 Å². The van der Waals surface area contributed by atoms with Crippen molar-refractivity contribution in [2.75, 3.05) is 27.2 Å². The van der Waals surface area contributed by atoms with Gasteiger partial charge in [0.2, 0.25) is 0 Å². The largest absolute Gasteiger partial charge is 0.759 e. The zero-order valence-corrected chi connectivity index (χ0v) is 17.2. The van der Waals surface area contributed by atoms with Crippen LogP contribution >= 0.6 is 0 Å². The molecule has 0 aromatic rings. The van der Waals surface area contributed by atoms with Gasteiger partial charge in [-0.15, -0.1) is 0 Å². The molecular formula is C18H40NO4S-. The van der Waals surface area contributed by atoms with Crippen molar-refractivity contribution >= 4 is 10.4 Å². The molecule has 0 aliphatic heterocycles. The summed E-state index contributed by atoms with van der Waals surface area (Å²) in [6.07, 6.45) is 17.1. The molecule has 0 saturated heterocycles. The van der Waals surface area contributed by atoms with Crippen molar-refractivity contribution in [3.05, 3.63) is 0 Å². The summed E-state index contributed by atoms with van der Waals surface area (Å²) in [4.78, 5) is 0. The lowest BCUT2D eigenvalue weighted by Gasteiger charge is -2.30. The molecule has 24 heavy (non-hydrogen) atoms. The minimum Gasteiger partial charge on any atom is -0.759 e. The Balaban J connectivity index is 0. The summed E-state index contributed by atoms with van der Waals surface area (Å²) in [6.45, 7) is 7.34. The van der Waals surface area contributed by atoms with Crippen LogP contribution in [0, 0.1) is 0 Å². The van der Waals surface area contributed by atoms with Crippen molar-refractivity contribution < 1.29 is 22.0 Å². The van der Waals surface area contributed by atoms with Crippen LogP contribution in [0.1, 0.15) is 90.9 Å². The Morgan fingerprint density at radius 2 is 0.875 bits per heavy atom. The summed E-state index contributed by atoms with van der Waals surface area (Å²) in [7, 11) is -0.337. The van der Waals surface area contributed by atoms with E-state index in [1.165, 1.54) is 94.6 Å². The van der Waals surface area contributed by atoms with Crippen LogP contribution in [0.2, 0.25) is 0 Å². The minimum atomic E-state index is -5.17. The average Bonchev–Trinajstić information content (AvgIpc) is 2.44. The molecule has 0 spiro atoms. The van der Waals surface area contributed by atoms with Crippen molar-refractivity contribution in [3.8, 4) is 0 Å². The Bertz CT molecular complexity index is 330. The molecular weight excluding hydrogens is 326 g/mol. The van der Waals surface area contributed by atoms with Crippen LogP contribution in [-0.2, 0) is 10.4 Å². The predicted octanol–water partition coefficient (Wildman–Crippen LogP) is 4.45. The van der Waals surface area contributed by atoms with Crippen molar-refractivity contribution in [2.45, 2.75) is 90.9 Å². The summed E-state index contributed by atoms with van der Waals surface area (Å²) in [5, 5.41) is 0. The van der Waals surface area contributed by atoms with E-state index in [1.807, 2.05) is 0 Å². The fourth-order valence-electron chi connectivity index (χ4n) is 2.75. The molecule has 0 aliphatic rings. The first-order chi connectivity index (χ1) is 11.1. The van der Waals surface area contributed by atoms with E-state index in [0.29, 0.717) is 0 Å². The Morgan fingerprint density at radius 1 is 0.625 bits per heavy atom. The highest BCUT2D eigenvalue weighted by molar-refractivity contribution is 7.79. The fourth-order valence-corrected chi connectivity index (χ4v) is 2.75. The number of hydrogen-bond acceptors (Lipinski definition) is 4. The van der Waals surface area contributed by atoms with Gasteiger partial charge in [0, 0.05) is 10.4 Å². The predicted molar refractivity (Wildman–Crippen MR) is 99.1 cm³/mol. The summed E-state index contributed by atoms with van der Waals surface area (Å²) in [5.74, 6) is 0. The van der Waals surface area contributed by atoms with E-state index < -0.39 is 10.4 Å². The Morgan fingerprint density at radius 3 is 1.17 bits per heavy atom. The van der Waals surface area contributed by atoms with Gasteiger partial charge in [-0.3, -0.25) is 8.42 Å². The van der Waals surface area contributed by atoms with Gasteiger partial charge in [0.1, 0.15) is 0 Å². The lowest BCUT2D eigenvalue weighted by molar-refractivity contribution is -0.890. The topological polar surface area (TPSA) is 80.3 Å². The summed E-state index contributed by atoms with van der Waals surface area (Å²) in [6, 6.07) is 0. The second-order valence-electron chi connectivity index (χ2n) is 7.33. The number of rotatable bonds is 14. The van der Waals surface area contributed by atoms with Crippen LogP contribution in [-0.4, -0.2) is 49.2 Å². The lowest BCUT2D eigenvalue weighted by Crippen LogP contribution is -2.41. The molecule has 0 aliphatic carbocycles. The molecule has 0 saturated carbocycles. The molecule has 5 nitrogen and oxygen atoms in total. The third-order valence-corrected chi connectivity index (χ3v) is 4.23. The smallest absolute Gasteiger partial charge is 0.0782 e. The van der Waals surface area contributed by atoms with E-state index in [4.69, 9.17) is 17.5 Å². The van der Waals surface area contributed by atoms with Gasteiger partial charge in [-0.05, 0) is 25.7 Å². The van der Waals surface area contributed by atoms with Gasteiger partial charge in [0.15, 0.2) is 0 Å². The molecule has 0 rings (SSSR count). The van der Waals surface area contributed by atoms with Crippen LogP contribution < -0.4 is 0 Å². The second-order valence-corrected chi connectivity index (χ2v) is 8.14. The first-order valence-electron chi connectivity index (χ1n) is 9.61. The van der Waals surface area contributed by atoms with Crippen LogP contribution in [0.3, 0.4) is 0 Å². The van der Waals surface area contributed by atoms with Gasteiger partial charge >= 0.3 is 0 Å². The Kier molecular flexibility index (Phi) is 17.7. The van der Waals surface area contributed by atoms with Crippen molar-refractivity contribution in [1.29, 1.82) is 0 Å². The second kappa shape index (κ2) is 16.3. The van der Waals surface area contributed by atoms with E-state index in [-0.39, 0.29) is 0 Å². The van der Waals surface area contributed by atoms with Gasteiger partial charge in [0.05, 0.1) is 27.2 Å². The molecule has 0 amide bonds. The molecule has 148 valence electrons. The Hall–Kier alpha value is -0.170. The molecule has 0 aromatic heterocycles. The van der Waals surface area contributed by atoms with Crippen molar-refractivity contribution in [2.24, 2.45) is 0 Å². The highest BCUT2D eigenvalue weighted by atomic mass is 32.3. The zero-order valence-electron chi connectivity index (χ0n) is 16.4. The molecule has 0 unspecified atom stereocenters. The molecule has 0 radical (unpaired) electrons. The average molecular weight is 367 g/mol. The van der Waals surface area contributed by atoms with Gasteiger partial charge in [0.25, 0.3) is 0 Å². The van der Waals surface area contributed by atoms with E-state index in [9.17, 15) is 0 Å². The maximum atomic E-state index is 8.52. The number of quaternary nitrogens is 1. The monoisotopic (exact) mass is 366 g/mol. The standard InChI is InChI=1S/C18H40N.H2O4S/c1-5-7-9-11-13-15-17-19(3,4)18-16-14-12-10-8-6-2;1-5(2,3)4/h5-18H2,1-4H3;(H2,1,2,3,4)/q+1;/p-2. The van der Waals surface area contributed by atoms with Crippen molar-refractivity contribution in [3.63, 3.8) is 0 Å². The summed E-state index contributed by atoms with van der Waals surface area (Å²) in [5.41, 5.74) is 0. The number of hydrogen-bond donors (Lipinski definition) is 0. The minimum absolute atomic E-state index is 1.24. The molecule has 0 heterocycles. The van der Waals surface area contributed by atoms with Crippen LogP contribution in [0.25, 0.3) is 0 Å². The van der Waals surface area contributed by atoms with Gasteiger partial charge in [-0.25, -0.2) is 0 Å². The number of unbranched alkanes of at least 4 members (excludes halogenated alkanes) is 10. The molecule has 0 atom stereocenters. The molecule has 0 bridgehead atoms. The normalized spacial score (nSPS) is 11.9. The van der Waals surface area contributed by atoms with Gasteiger partial charge in [-0.1, -0.05) is 65.2 Å². The van der Waals surface area contributed by atoms with E-state index in [2.05, 4.69) is 27.9 Å². The molecule has 6 heteroatoms. The molecule has 0 aromatic carbocycles. The van der Waals surface area contributed by atoms with Gasteiger partial charge in [-0.2, -0.15) is 0 Å². The first-order valence-corrected chi connectivity index (χ1v) is 10.9. The zero-order chi connectivity index (χ0) is 18.9. The SMILES string of the molecule is CCCCCCCC[N+](C)(C)CCCCCCCC.O=S(=O)([O-])[O-]. The van der Waals surface area contributed by atoms with Crippen LogP contribution in [0.4, 0.5) is 0 Å². The lowest BCUT2D eigenvalue weighted by atomic mass is 10.1. The van der Waals surface area contributed by atoms with Crippen LogP contribution in [0.15, 0.2) is 0 Å². The summed E-state index contributed by atoms with van der Waals surface area (Å²) < 4.78 is 35.3. The fraction of sp³-hybridized carbons (Fsp3) is 1.00. The third-order valence-electron chi connectivity index (χ3n) is 4.23. The summed E-state index contributed by atoms with van der Waals surface area (Å²) >= 11 is 0. The maximum absolute atomic E-state index is 8.52. The molecule has 0 N–H and O–H groups in total. The van der Waals surface area contributed by atoms with Crippen molar-refractivity contribution in [1.82, 2.24) is 0 Å². The molecule has 0 fully saturated rings. The highest BCUT2D eigenvalue weighted by Crippen LogP contribution is 2.11. The number of nitrogens with zero attached hydrogens (tertiary/aromatic N) is 1.